The fourth-order valence-corrected chi connectivity index (χ4v) is 1.70. The smallest absolute Gasteiger partial charge is 0.181 e. The van der Waals surface area contributed by atoms with Gasteiger partial charge in [-0.3, -0.25) is 4.79 Å². The molecule has 0 heterocycles. The number of ketones is 1. The Hall–Kier alpha value is -1.87. The third-order valence-electron chi connectivity index (χ3n) is 2.47. The van der Waals surface area contributed by atoms with Gasteiger partial charge in [-0.25, -0.2) is 4.39 Å². The lowest BCUT2D eigenvalue weighted by molar-refractivity contribution is 0.101. The summed E-state index contributed by atoms with van der Waals surface area (Å²) in [5, 5.41) is 2.94. The van der Waals surface area contributed by atoms with Crippen LogP contribution in [-0.2, 0) is 0 Å². The molecule has 0 spiro atoms. The maximum absolute atomic E-state index is 12.9. The second-order valence-electron chi connectivity index (χ2n) is 3.77. The summed E-state index contributed by atoms with van der Waals surface area (Å²) in [4.78, 5) is 11.8. The third-order valence-corrected chi connectivity index (χ3v) is 2.76. The van der Waals surface area contributed by atoms with E-state index in [0.29, 0.717) is 11.3 Å². The first-order valence-corrected chi connectivity index (χ1v) is 5.82. The van der Waals surface area contributed by atoms with Crippen molar-refractivity contribution in [2.75, 3.05) is 11.9 Å². The Morgan fingerprint density at radius 1 is 1.17 bits per heavy atom. The van der Waals surface area contributed by atoms with Crippen molar-refractivity contribution in [2.45, 2.75) is 0 Å². The van der Waals surface area contributed by atoms with Crippen molar-refractivity contribution in [3.05, 3.63) is 64.9 Å². The largest absolute Gasteiger partial charge is 0.378 e. The van der Waals surface area contributed by atoms with Crippen molar-refractivity contribution >= 4 is 23.1 Å². The van der Waals surface area contributed by atoms with Crippen LogP contribution in [0.2, 0.25) is 5.02 Å². The van der Waals surface area contributed by atoms with Gasteiger partial charge in [-0.1, -0.05) is 41.9 Å². The van der Waals surface area contributed by atoms with Gasteiger partial charge >= 0.3 is 0 Å². The van der Waals surface area contributed by atoms with Crippen molar-refractivity contribution < 1.29 is 9.18 Å². The second-order valence-corrected chi connectivity index (χ2v) is 4.18. The Kier molecular flexibility index (Phi) is 3.95. The topological polar surface area (TPSA) is 29.1 Å². The van der Waals surface area contributed by atoms with E-state index in [1.165, 1.54) is 12.1 Å². The molecule has 0 fully saturated rings. The Labute approximate surface area is 109 Å². The number of anilines is 1. The molecular weight excluding hydrogens is 253 g/mol. The van der Waals surface area contributed by atoms with E-state index in [1.807, 2.05) is 18.2 Å². The summed E-state index contributed by atoms with van der Waals surface area (Å²) in [6.07, 6.45) is 0. The molecule has 0 bridgehead atoms. The fraction of sp³-hybridized carbons (Fsp3) is 0.0714. The first-order chi connectivity index (χ1) is 8.66. The molecule has 1 N–H and O–H groups in total. The molecule has 0 saturated carbocycles. The van der Waals surface area contributed by atoms with E-state index in [4.69, 9.17) is 11.6 Å². The summed E-state index contributed by atoms with van der Waals surface area (Å²) in [6.45, 7) is 0.145. The van der Waals surface area contributed by atoms with E-state index in [1.54, 1.807) is 18.2 Å². The van der Waals surface area contributed by atoms with E-state index in [9.17, 15) is 9.18 Å². The molecule has 2 rings (SSSR count). The molecule has 92 valence electrons. The fourth-order valence-electron chi connectivity index (χ4n) is 1.51. The van der Waals surface area contributed by atoms with Gasteiger partial charge in [-0.2, -0.15) is 0 Å². The highest BCUT2D eigenvalue weighted by atomic mass is 35.5. The highest BCUT2D eigenvalue weighted by Crippen LogP contribution is 2.19. The molecule has 2 aromatic rings. The summed E-state index contributed by atoms with van der Waals surface area (Å²) in [5.41, 5.74) is 1.25. The normalized spacial score (nSPS) is 10.1. The Morgan fingerprint density at radius 2 is 1.89 bits per heavy atom. The van der Waals surface area contributed by atoms with Crippen LogP contribution in [0.4, 0.5) is 10.1 Å². The lowest BCUT2D eigenvalue weighted by Gasteiger charge is -2.06. The number of halogens is 2. The zero-order valence-corrected chi connectivity index (χ0v) is 10.2. The van der Waals surface area contributed by atoms with Crippen molar-refractivity contribution in [3.8, 4) is 0 Å². The van der Waals surface area contributed by atoms with Crippen LogP contribution >= 0.6 is 11.6 Å². The van der Waals surface area contributed by atoms with Gasteiger partial charge in [0.25, 0.3) is 0 Å². The van der Waals surface area contributed by atoms with E-state index in [-0.39, 0.29) is 17.4 Å². The quantitative estimate of drug-likeness (QED) is 0.851. The van der Waals surface area contributed by atoms with Gasteiger partial charge in [0.05, 0.1) is 11.6 Å². The van der Waals surface area contributed by atoms with Gasteiger partial charge in [0, 0.05) is 11.3 Å². The van der Waals surface area contributed by atoms with Gasteiger partial charge in [0.2, 0.25) is 0 Å². The first kappa shape index (κ1) is 12.6. The average molecular weight is 264 g/mol. The van der Waals surface area contributed by atoms with Crippen molar-refractivity contribution in [2.24, 2.45) is 0 Å². The van der Waals surface area contributed by atoms with Crippen molar-refractivity contribution in [1.82, 2.24) is 0 Å². The number of hydrogen-bond acceptors (Lipinski definition) is 2. The van der Waals surface area contributed by atoms with E-state index < -0.39 is 5.82 Å². The number of benzene rings is 2. The van der Waals surface area contributed by atoms with Gasteiger partial charge in [-0.05, 0) is 18.2 Å². The predicted molar refractivity (Wildman–Crippen MR) is 70.7 cm³/mol. The first-order valence-electron chi connectivity index (χ1n) is 5.44. The minimum Gasteiger partial charge on any atom is -0.378 e. The standard InChI is InChI=1S/C14H11ClFNO/c15-12-8-11(6-7-13(12)16)17-9-14(18)10-4-2-1-3-5-10/h1-8,17H,9H2. The van der Waals surface area contributed by atoms with Crippen LogP contribution in [0.25, 0.3) is 0 Å². The highest BCUT2D eigenvalue weighted by Gasteiger charge is 2.05. The molecule has 2 aromatic carbocycles. The van der Waals surface area contributed by atoms with Crippen molar-refractivity contribution in [3.63, 3.8) is 0 Å². The molecule has 0 aliphatic heterocycles. The average Bonchev–Trinajstić information content (AvgIpc) is 2.41. The van der Waals surface area contributed by atoms with E-state index >= 15 is 0 Å². The number of Topliss-reactive ketones (excluding diaryl/α,β-unsaturated/α-hetero) is 1. The van der Waals surface area contributed by atoms with Gasteiger partial charge in [-0.15, -0.1) is 0 Å². The van der Waals surface area contributed by atoms with Crippen LogP contribution in [0.15, 0.2) is 48.5 Å². The maximum atomic E-state index is 12.9. The van der Waals surface area contributed by atoms with E-state index in [0.717, 1.165) is 0 Å². The molecule has 4 heteroatoms. The number of nitrogens with one attached hydrogen (secondary N) is 1. The lowest BCUT2D eigenvalue weighted by atomic mass is 10.1. The number of carbonyl (C=O) groups is 1. The molecule has 0 aliphatic carbocycles. The Morgan fingerprint density at radius 3 is 2.56 bits per heavy atom. The zero-order valence-electron chi connectivity index (χ0n) is 9.49. The van der Waals surface area contributed by atoms with Crippen LogP contribution in [0.3, 0.4) is 0 Å². The molecule has 0 unspecified atom stereocenters. The summed E-state index contributed by atoms with van der Waals surface area (Å²) in [6, 6.07) is 13.2. The van der Waals surface area contributed by atoms with Crippen LogP contribution in [0, 0.1) is 5.82 Å². The second kappa shape index (κ2) is 5.65. The number of hydrogen-bond donors (Lipinski definition) is 1. The number of rotatable bonds is 4. The lowest BCUT2D eigenvalue weighted by Crippen LogP contribution is -2.13. The minimum absolute atomic E-state index is 0.0314. The monoisotopic (exact) mass is 263 g/mol. The van der Waals surface area contributed by atoms with Gasteiger partial charge < -0.3 is 5.32 Å². The zero-order chi connectivity index (χ0) is 13.0. The Bertz CT molecular complexity index is 557. The predicted octanol–water partition coefficient (Wildman–Crippen LogP) is 3.77. The molecule has 0 aromatic heterocycles. The van der Waals surface area contributed by atoms with E-state index in [2.05, 4.69) is 5.32 Å². The van der Waals surface area contributed by atoms with Crippen LogP contribution in [0.5, 0.6) is 0 Å². The molecule has 0 saturated heterocycles. The summed E-state index contributed by atoms with van der Waals surface area (Å²) >= 11 is 5.65. The molecular formula is C14H11ClFNO. The van der Waals surface area contributed by atoms with Crippen LogP contribution in [-0.4, -0.2) is 12.3 Å². The summed E-state index contributed by atoms with van der Waals surface area (Å²) in [5.74, 6) is -0.507. The molecule has 0 amide bonds. The third kappa shape index (κ3) is 3.08. The molecule has 2 nitrogen and oxygen atoms in total. The van der Waals surface area contributed by atoms with Crippen LogP contribution < -0.4 is 5.32 Å². The minimum atomic E-state index is -0.475. The van der Waals surface area contributed by atoms with Gasteiger partial charge in [0.15, 0.2) is 5.78 Å². The summed E-state index contributed by atoms with van der Waals surface area (Å²) in [7, 11) is 0. The molecule has 18 heavy (non-hydrogen) atoms. The van der Waals surface area contributed by atoms with Crippen LogP contribution in [0.1, 0.15) is 10.4 Å². The SMILES string of the molecule is O=C(CNc1ccc(F)c(Cl)c1)c1ccccc1. The maximum Gasteiger partial charge on any atom is 0.181 e. The van der Waals surface area contributed by atoms with Crippen molar-refractivity contribution in [1.29, 1.82) is 0 Å². The van der Waals surface area contributed by atoms with Gasteiger partial charge in [0.1, 0.15) is 5.82 Å². The highest BCUT2D eigenvalue weighted by molar-refractivity contribution is 6.31. The summed E-state index contributed by atoms with van der Waals surface area (Å²) < 4.78 is 12.9. The Balaban J connectivity index is 1.99. The number of carbonyl (C=O) groups excluding carboxylic acids is 1. The molecule has 0 radical (unpaired) electrons. The molecule has 0 aliphatic rings. The molecule has 0 atom stereocenters.